The van der Waals surface area contributed by atoms with Gasteiger partial charge in [0.25, 0.3) is 0 Å². The van der Waals surface area contributed by atoms with Crippen LogP contribution in [0.2, 0.25) is 0 Å². The molecule has 1 N–H and O–H groups in total. The molecule has 0 radical (unpaired) electrons. The fourth-order valence-corrected chi connectivity index (χ4v) is 1.56. The van der Waals surface area contributed by atoms with Gasteiger partial charge in [-0.05, 0) is 19.1 Å². The summed E-state index contributed by atoms with van der Waals surface area (Å²) >= 11 is 0. The lowest BCUT2D eigenvalue weighted by molar-refractivity contribution is -0.111. The van der Waals surface area contributed by atoms with Gasteiger partial charge >= 0.3 is 0 Å². The first-order valence-electron chi connectivity index (χ1n) is 5.79. The smallest absolute Gasteiger partial charge is 0.248 e. The fourth-order valence-electron chi connectivity index (χ4n) is 1.56. The van der Waals surface area contributed by atoms with Crippen LogP contribution in [0.1, 0.15) is 6.92 Å². The lowest BCUT2D eigenvalue weighted by Gasteiger charge is -2.18. The molecule has 0 fully saturated rings. The highest BCUT2D eigenvalue weighted by atomic mass is 16.6. The zero-order valence-electron chi connectivity index (χ0n) is 10.2. The monoisotopic (exact) mass is 245 g/mol. The third-order valence-corrected chi connectivity index (χ3v) is 2.36. The van der Waals surface area contributed by atoms with E-state index in [4.69, 9.17) is 9.47 Å². The van der Waals surface area contributed by atoms with Crippen molar-refractivity contribution < 1.29 is 14.3 Å². The van der Waals surface area contributed by atoms with E-state index in [0.29, 0.717) is 30.4 Å². The third kappa shape index (κ3) is 3.13. The average molecular weight is 245 g/mol. The number of rotatable bonds is 3. The van der Waals surface area contributed by atoms with E-state index < -0.39 is 0 Å². The van der Waals surface area contributed by atoms with Gasteiger partial charge in [0.1, 0.15) is 13.2 Å². The van der Waals surface area contributed by atoms with Crippen molar-refractivity contribution in [1.82, 2.24) is 0 Å². The Bertz CT molecular complexity index is 492. The highest BCUT2D eigenvalue weighted by Gasteiger charge is 2.11. The molecule has 94 valence electrons. The standard InChI is InChI=1S/C14H15NO3/c1-2-3-4-5-14(16)15-11-6-7-12-13(10-11)18-9-8-17-12/h2-7,10H,8-9H2,1H3,(H,15,16)/b3-2+,5-4+. The molecule has 18 heavy (non-hydrogen) atoms. The third-order valence-electron chi connectivity index (χ3n) is 2.36. The quantitative estimate of drug-likeness (QED) is 0.657. The minimum Gasteiger partial charge on any atom is -0.486 e. The number of amides is 1. The molecule has 1 aliphatic heterocycles. The maximum absolute atomic E-state index is 11.6. The summed E-state index contributed by atoms with van der Waals surface area (Å²) in [6.45, 7) is 2.99. The molecule has 0 spiro atoms. The van der Waals surface area contributed by atoms with E-state index in [2.05, 4.69) is 5.32 Å². The number of hydrogen-bond acceptors (Lipinski definition) is 3. The summed E-state index contributed by atoms with van der Waals surface area (Å²) in [6, 6.07) is 5.34. The SMILES string of the molecule is C/C=C/C=C/C(=O)Nc1ccc2c(c1)OCCO2. The molecule has 0 aromatic heterocycles. The fraction of sp³-hybridized carbons (Fsp3) is 0.214. The maximum atomic E-state index is 11.6. The number of benzene rings is 1. The van der Waals surface area contributed by atoms with Crippen molar-refractivity contribution in [2.75, 3.05) is 18.5 Å². The van der Waals surface area contributed by atoms with Gasteiger partial charge in [0, 0.05) is 17.8 Å². The predicted octanol–water partition coefficient (Wildman–Crippen LogP) is 2.53. The second-order valence-electron chi connectivity index (χ2n) is 3.73. The van der Waals surface area contributed by atoms with Crippen LogP contribution >= 0.6 is 0 Å². The van der Waals surface area contributed by atoms with Crippen LogP contribution in [0.25, 0.3) is 0 Å². The minimum atomic E-state index is -0.176. The summed E-state index contributed by atoms with van der Waals surface area (Å²) in [6.07, 6.45) is 6.81. The number of allylic oxidation sites excluding steroid dienone is 3. The second kappa shape index (κ2) is 5.91. The number of ether oxygens (including phenoxy) is 2. The van der Waals surface area contributed by atoms with E-state index in [0.717, 1.165) is 0 Å². The van der Waals surface area contributed by atoms with E-state index in [-0.39, 0.29) is 5.91 Å². The molecular weight excluding hydrogens is 230 g/mol. The Balaban J connectivity index is 2.03. The lowest BCUT2D eigenvalue weighted by atomic mass is 10.2. The van der Waals surface area contributed by atoms with Gasteiger partial charge in [0.15, 0.2) is 11.5 Å². The zero-order valence-corrected chi connectivity index (χ0v) is 10.2. The molecule has 2 rings (SSSR count). The summed E-state index contributed by atoms with van der Waals surface area (Å²) in [5, 5.41) is 2.76. The number of carbonyl (C=O) groups is 1. The van der Waals surface area contributed by atoms with Crippen molar-refractivity contribution in [3.05, 3.63) is 42.5 Å². The Morgan fingerprint density at radius 2 is 2.00 bits per heavy atom. The van der Waals surface area contributed by atoms with Crippen LogP contribution in [-0.4, -0.2) is 19.1 Å². The minimum absolute atomic E-state index is 0.176. The van der Waals surface area contributed by atoms with Crippen molar-refractivity contribution in [3.63, 3.8) is 0 Å². The Labute approximate surface area is 106 Å². The van der Waals surface area contributed by atoms with Crippen LogP contribution in [0.15, 0.2) is 42.5 Å². The first-order chi connectivity index (χ1) is 8.79. The molecule has 1 aromatic rings. The maximum Gasteiger partial charge on any atom is 0.248 e. The van der Waals surface area contributed by atoms with E-state index in [1.165, 1.54) is 6.08 Å². The van der Waals surface area contributed by atoms with Crippen LogP contribution in [0.3, 0.4) is 0 Å². The molecule has 1 heterocycles. The summed E-state index contributed by atoms with van der Waals surface area (Å²) in [5.74, 6) is 1.20. The van der Waals surface area contributed by atoms with Gasteiger partial charge in [0.2, 0.25) is 5.91 Å². The van der Waals surface area contributed by atoms with Gasteiger partial charge in [-0.3, -0.25) is 4.79 Å². The van der Waals surface area contributed by atoms with Gasteiger partial charge in [-0.1, -0.05) is 18.2 Å². The highest BCUT2D eigenvalue weighted by Crippen LogP contribution is 2.32. The van der Waals surface area contributed by atoms with Crippen LogP contribution < -0.4 is 14.8 Å². The lowest BCUT2D eigenvalue weighted by Crippen LogP contribution is -2.16. The Kier molecular flexibility index (Phi) is 4.02. The number of anilines is 1. The summed E-state index contributed by atoms with van der Waals surface area (Å²) in [5.41, 5.74) is 0.689. The molecule has 0 atom stereocenters. The van der Waals surface area contributed by atoms with Crippen molar-refractivity contribution in [2.24, 2.45) is 0 Å². The van der Waals surface area contributed by atoms with Crippen LogP contribution in [0, 0.1) is 0 Å². The van der Waals surface area contributed by atoms with Gasteiger partial charge < -0.3 is 14.8 Å². The molecule has 1 aliphatic rings. The molecule has 0 saturated carbocycles. The summed E-state index contributed by atoms with van der Waals surface area (Å²) < 4.78 is 10.8. The first kappa shape index (κ1) is 12.2. The van der Waals surface area contributed by atoms with Gasteiger partial charge in [-0.2, -0.15) is 0 Å². The van der Waals surface area contributed by atoms with Crippen molar-refractivity contribution in [1.29, 1.82) is 0 Å². The predicted molar refractivity (Wildman–Crippen MR) is 70.0 cm³/mol. The number of nitrogens with one attached hydrogen (secondary N) is 1. The Hall–Kier alpha value is -2.23. The number of hydrogen-bond donors (Lipinski definition) is 1. The molecular formula is C14H15NO3. The first-order valence-corrected chi connectivity index (χ1v) is 5.79. The van der Waals surface area contributed by atoms with Crippen molar-refractivity contribution >= 4 is 11.6 Å². The van der Waals surface area contributed by atoms with Gasteiger partial charge in [-0.15, -0.1) is 0 Å². The normalized spacial score (nSPS) is 14.1. The Morgan fingerprint density at radius 3 is 2.78 bits per heavy atom. The van der Waals surface area contributed by atoms with Gasteiger partial charge in [0.05, 0.1) is 0 Å². The van der Waals surface area contributed by atoms with E-state index >= 15 is 0 Å². The van der Waals surface area contributed by atoms with E-state index in [9.17, 15) is 4.79 Å². The van der Waals surface area contributed by atoms with Crippen LogP contribution in [0.5, 0.6) is 11.5 Å². The van der Waals surface area contributed by atoms with Gasteiger partial charge in [-0.25, -0.2) is 0 Å². The number of carbonyl (C=O) groups excluding carboxylic acids is 1. The largest absolute Gasteiger partial charge is 0.486 e. The van der Waals surface area contributed by atoms with Crippen molar-refractivity contribution in [3.8, 4) is 11.5 Å². The molecule has 1 amide bonds. The Morgan fingerprint density at radius 1 is 1.22 bits per heavy atom. The molecule has 4 heteroatoms. The van der Waals surface area contributed by atoms with Crippen molar-refractivity contribution in [2.45, 2.75) is 6.92 Å². The van der Waals surface area contributed by atoms with Crippen LogP contribution in [-0.2, 0) is 4.79 Å². The topological polar surface area (TPSA) is 47.6 Å². The van der Waals surface area contributed by atoms with E-state index in [1.807, 2.05) is 13.0 Å². The molecule has 0 unspecified atom stereocenters. The average Bonchev–Trinajstić information content (AvgIpc) is 2.39. The summed E-state index contributed by atoms with van der Waals surface area (Å²) in [7, 11) is 0. The van der Waals surface area contributed by atoms with E-state index in [1.54, 1.807) is 30.4 Å². The zero-order chi connectivity index (χ0) is 12.8. The summed E-state index contributed by atoms with van der Waals surface area (Å²) in [4.78, 5) is 11.6. The van der Waals surface area contributed by atoms with Crippen LogP contribution in [0.4, 0.5) is 5.69 Å². The number of fused-ring (bicyclic) bond motifs is 1. The molecule has 0 bridgehead atoms. The highest BCUT2D eigenvalue weighted by molar-refractivity contribution is 5.99. The molecule has 1 aromatic carbocycles. The molecule has 0 saturated heterocycles. The second-order valence-corrected chi connectivity index (χ2v) is 3.73. The molecule has 0 aliphatic carbocycles. The molecule has 4 nitrogen and oxygen atoms in total.